The van der Waals surface area contributed by atoms with Crippen LogP contribution in [0.3, 0.4) is 0 Å². The van der Waals surface area contributed by atoms with Crippen LogP contribution in [0.25, 0.3) is 0 Å². The van der Waals surface area contributed by atoms with Gasteiger partial charge in [-0.25, -0.2) is 21.1 Å². The smallest absolute Gasteiger partial charge is 0.215 e. The van der Waals surface area contributed by atoms with Crippen molar-refractivity contribution in [3.63, 3.8) is 0 Å². The van der Waals surface area contributed by atoms with Crippen LogP contribution in [-0.4, -0.2) is 58.5 Å². The zero-order chi connectivity index (χ0) is 15.9. The molecular formula is C13H23ClN2O4S2. The van der Waals surface area contributed by atoms with Crippen LogP contribution in [0.2, 0.25) is 0 Å². The van der Waals surface area contributed by atoms with E-state index < -0.39 is 25.6 Å². The van der Waals surface area contributed by atoms with Gasteiger partial charge in [0, 0.05) is 25.9 Å². The predicted octanol–water partition coefficient (Wildman–Crippen LogP) is 0.286. The van der Waals surface area contributed by atoms with Crippen LogP contribution in [0.5, 0.6) is 0 Å². The summed E-state index contributed by atoms with van der Waals surface area (Å²) in [6.07, 6.45) is 1.60. The molecule has 0 aromatic heterocycles. The molecule has 0 saturated carbocycles. The van der Waals surface area contributed by atoms with Crippen LogP contribution < -0.4 is 5.73 Å². The number of sulfonamides is 1. The van der Waals surface area contributed by atoms with Gasteiger partial charge in [0.15, 0.2) is 0 Å². The Kier molecular flexibility index (Phi) is 9.18. The predicted molar refractivity (Wildman–Crippen MR) is 91.5 cm³/mol. The molecular weight excluding hydrogens is 348 g/mol. The van der Waals surface area contributed by atoms with Gasteiger partial charge in [-0.05, 0) is 12.0 Å². The van der Waals surface area contributed by atoms with Gasteiger partial charge in [-0.2, -0.15) is 0 Å². The van der Waals surface area contributed by atoms with Crippen LogP contribution in [0.15, 0.2) is 30.3 Å². The van der Waals surface area contributed by atoms with Crippen LogP contribution in [0, 0.1) is 0 Å². The van der Waals surface area contributed by atoms with E-state index in [1.54, 1.807) is 0 Å². The highest BCUT2D eigenvalue weighted by Gasteiger charge is 2.22. The van der Waals surface area contributed by atoms with Gasteiger partial charge in [-0.3, -0.25) is 0 Å². The molecule has 1 aromatic carbocycles. The molecule has 0 saturated heterocycles. The highest BCUT2D eigenvalue weighted by Crippen LogP contribution is 2.07. The lowest BCUT2D eigenvalue weighted by atomic mass is 10.1. The van der Waals surface area contributed by atoms with Gasteiger partial charge in [-0.15, -0.1) is 12.4 Å². The van der Waals surface area contributed by atoms with Crippen molar-refractivity contribution >= 4 is 32.3 Å². The standard InChI is InChI=1S/C13H22N2O4S2.ClH/c1-20(16,17)11-12-21(18,19)15(10-8-14)9-7-13-5-3-2-4-6-13;/h2-6H,7-12,14H2,1H3;1H. The summed E-state index contributed by atoms with van der Waals surface area (Å²) in [6.45, 7) is 0.694. The second-order valence-corrected chi connectivity index (χ2v) is 9.22. The highest BCUT2D eigenvalue weighted by molar-refractivity contribution is 7.93. The number of benzene rings is 1. The van der Waals surface area contributed by atoms with Crippen molar-refractivity contribution in [2.75, 3.05) is 37.4 Å². The first kappa shape index (κ1) is 21.3. The molecule has 0 aliphatic carbocycles. The molecule has 0 atom stereocenters. The summed E-state index contributed by atoms with van der Waals surface area (Å²) in [5.41, 5.74) is 6.48. The summed E-state index contributed by atoms with van der Waals surface area (Å²) in [6, 6.07) is 9.51. The van der Waals surface area contributed by atoms with E-state index in [1.165, 1.54) is 4.31 Å². The second kappa shape index (κ2) is 9.46. The Morgan fingerprint density at radius 2 is 1.59 bits per heavy atom. The lowest BCUT2D eigenvalue weighted by molar-refractivity contribution is 0.422. The van der Waals surface area contributed by atoms with Gasteiger partial charge in [0.25, 0.3) is 0 Å². The normalized spacial score (nSPS) is 12.1. The van der Waals surface area contributed by atoms with Crippen LogP contribution in [0.4, 0.5) is 0 Å². The lowest BCUT2D eigenvalue weighted by Gasteiger charge is -2.21. The van der Waals surface area contributed by atoms with Crippen molar-refractivity contribution in [2.24, 2.45) is 5.73 Å². The van der Waals surface area contributed by atoms with E-state index in [4.69, 9.17) is 5.73 Å². The topological polar surface area (TPSA) is 97.5 Å². The van der Waals surface area contributed by atoms with Crippen molar-refractivity contribution in [2.45, 2.75) is 6.42 Å². The molecule has 2 N–H and O–H groups in total. The number of rotatable bonds is 9. The maximum Gasteiger partial charge on any atom is 0.215 e. The first-order valence-electron chi connectivity index (χ1n) is 6.64. The SMILES string of the molecule is CS(=O)(=O)CCS(=O)(=O)N(CCN)CCc1ccccc1.Cl. The fourth-order valence-corrected chi connectivity index (χ4v) is 4.88. The Labute approximate surface area is 139 Å². The monoisotopic (exact) mass is 370 g/mol. The summed E-state index contributed by atoms with van der Waals surface area (Å²) in [4.78, 5) is 0. The van der Waals surface area contributed by atoms with E-state index in [9.17, 15) is 16.8 Å². The minimum Gasteiger partial charge on any atom is -0.329 e. The van der Waals surface area contributed by atoms with Crippen LogP contribution >= 0.6 is 12.4 Å². The maximum absolute atomic E-state index is 12.2. The third-order valence-corrected chi connectivity index (χ3v) is 6.05. The summed E-state index contributed by atoms with van der Waals surface area (Å²) in [5.74, 6) is -0.775. The zero-order valence-corrected chi connectivity index (χ0v) is 15.0. The Morgan fingerprint density at radius 3 is 2.09 bits per heavy atom. The largest absolute Gasteiger partial charge is 0.329 e. The molecule has 0 aliphatic heterocycles. The molecule has 0 heterocycles. The molecule has 1 aromatic rings. The van der Waals surface area contributed by atoms with Crippen molar-refractivity contribution in [3.8, 4) is 0 Å². The van der Waals surface area contributed by atoms with Gasteiger partial charge in [0.1, 0.15) is 9.84 Å². The minimum absolute atomic E-state index is 0. The summed E-state index contributed by atoms with van der Waals surface area (Å²) >= 11 is 0. The van der Waals surface area contributed by atoms with Gasteiger partial charge in [0.05, 0.1) is 11.5 Å². The van der Waals surface area contributed by atoms with E-state index >= 15 is 0 Å². The van der Waals surface area contributed by atoms with Crippen molar-refractivity contribution < 1.29 is 16.8 Å². The molecule has 0 unspecified atom stereocenters. The Morgan fingerprint density at radius 1 is 1.00 bits per heavy atom. The molecule has 0 amide bonds. The zero-order valence-electron chi connectivity index (χ0n) is 12.5. The molecule has 0 bridgehead atoms. The lowest BCUT2D eigenvalue weighted by Crippen LogP contribution is -2.39. The van der Waals surface area contributed by atoms with Crippen molar-refractivity contribution in [1.29, 1.82) is 0 Å². The van der Waals surface area contributed by atoms with E-state index in [2.05, 4.69) is 0 Å². The summed E-state index contributed by atoms with van der Waals surface area (Å²) < 4.78 is 47.9. The molecule has 0 spiro atoms. The first-order valence-corrected chi connectivity index (χ1v) is 10.3. The highest BCUT2D eigenvalue weighted by atomic mass is 35.5. The van der Waals surface area contributed by atoms with E-state index in [1.807, 2.05) is 30.3 Å². The van der Waals surface area contributed by atoms with Crippen molar-refractivity contribution in [1.82, 2.24) is 4.31 Å². The molecule has 0 fully saturated rings. The average molecular weight is 371 g/mol. The number of halogens is 1. The number of sulfone groups is 1. The van der Waals surface area contributed by atoms with E-state index in [0.717, 1.165) is 11.8 Å². The average Bonchev–Trinajstić information content (AvgIpc) is 2.42. The van der Waals surface area contributed by atoms with E-state index in [-0.39, 0.29) is 31.2 Å². The number of nitrogens with two attached hydrogens (primary N) is 1. The van der Waals surface area contributed by atoms with E-state index in [0.29, 0.717) is 13.0 Å². The number of hydrogen-bond donors (Lipinski definition) is 1. The third-order valence-electron chi connectivity index (χ3n) is 2.98. The molecule has 0 radical (unpaired) electrons. The Hall–Kier alpha value is -0.670. The van der Waals surface area contributed by atoms with Gasteiger partial charge in [0.2, 0.25) is 10.0 Å². The minimum atomic E-state index is -3.61. The third kappa shape index (κ3) is 8.09. The fourth-order valence-electron chi connectivity index (χ4n) is 1.82. The Bertz CT molecular complexity index is 633. The summed E-state index contributed by atoms with van der Waals surface area (Å²) in [7, 11) is -6.92. The fraction of sp³-hybridized carbons (Fsp3) is 0.538. The second-order valence-electron chi connectivity index (χ2n) is 4.87. The molecule has 128 valence electrons. The van der Waals surface area contributed by atoms with Gasteiger partial charge >= 0.3 is 0 Å². The molecule has 22 heavy (non-hydrogen) atoms. The molecule has 9 heteroatoms. The Balaban J connectivity index is 0.00000441. The van der Waals surface area contributed by atoms with Crippen LogP contribution in [0.1, 0.15) is 5.56 Å². The molecule has 0 aliphatic rings. The van der Waals surface area contributed by atoms with Gasteiger partial charge < -0.3 is 5.73 Å². The first-order chi connectivity index (χ1) is 9.74. The summed E-state index contributed by atoms with van der Waals surface area (Å²) in [5, 5.41) is 0. The van der Waals surface area contributed by atoms with Gasteiger partial charge in [-0.1, -0.05) is 30.3 Å². The molecule has 6 nitrogen and oxygen atoms in total. The number of hydrogen-bond acceptors (Lipinski definition) is 5. The van der Waals surface area contributed by atoms with Crippen LogP contribution in [-0.2, 0) is 26.3 Å². The van der Waals surface area contributed by atoms with Crippen molar-refractivity contribution in [3.05, 3.63) is 35.9 Å². The number of nitrogens with zero attached hydrogens (tertiary/aromatic N) is 1. The quantitative estimate of drug-likeness (QED) is 0.673. The molecule has 1 rings (SSSR count). The maximum atomic E-state index is 12.2.